The second kappa shape index (κ2) is 5.61. The van der Waals surface area contributed by atoms with Crippen LogP contribution < -0.4 is 9.47 Å². The molecular weight excluding hydrogens is 271 g/mol. The molecule has 0 fully saturated rings. The van der Waals surface area contributed by atoms with Crippen LogP contribution in [0.3, 0.4) is 0 Å². The number of hydrogen-bond acceptors (Lipinski definition) is 3. The molecule has 0 aliphatic carbocycles. The Morgan fingerprint density at radius 3 is 2.44 bits per heavy atom. The van der Waals surface area contributed by atoms with Crippen LogP contribution >= 0.6 is 0 Å². The third kappa shape index (κ3) is 3.04. The van der Waals surface area contributed by atoms with E-state index in [0.29, 0.717) is 15.9 Å². The molecule has 0 aliphatic heterocycles. The second-order valence-electron chi connectivity index (χ2n) is 3.02. The van der Waals surface area contributed by atoms with E-state index in [2.05, 4.69) is 0 Å². The Hall–Kier alpha value is -1.41. The van der Waals surface area contributed by atoms with Gasteiger partial charge in [-0.05, 0) is 0 Å². The molecule has 16 heavy (non-hydrogen) atoms. The summed E-state index contributed by atoms with van der Waals surface area (Å²) in [6, 6.07) is 5.26. The number of aliphatic carboxylic acids is 1. The number of rotatable bonds is 4. The number of carbonyl (C=O) groups is 1. The van der Waals surface area contributed by atoms with E-state index in [9.17, 15) is 4.79 Å². The molecule has 4 nitrogen and oxygen atoms in total. The molecule has 0 saturated heterocycles. The molecule has 0 aliphatic rings. The summed E-state index contributed by atoms with van der Waals surface area (Å²) in [5.41, 5.74) is 0.777. The van der Waals surface area contributed by atoms with Gasteiger partial charge in [-0.3, -0.25) is 0 Å². The average molecular weight is 284 g/mol. The van der Waals surface area contributed by atoms with Crippen molar-refractivity contribution in [3.63, 3.8) is 0 Å². The first-order valence-electron chi connectivity index (χ1n) is 4.51. The summed E-state index contributed by atoms with van der Waals surface area (Å²) in [4.78, 5) is 10.7. The molecule has 0 aromatic heterocycles. The zero-order valence-corrected chi connectivity index (χ0v) is 11.5. The second-order valence-corrected chi connectivity index (χ2v) is 4.32. The zero-order valence-electron chi connectivity index (χ0n) is 9.06. The maximum atomic E-state index is 10.7. The van der Waals surface area contributed by atoms with E-state index >= 15 is 0 Å². The van der Waals surface area contributed by atoms with Crippen LogP contribution in [0.4, 0.5) is 0 Å². The molecule has 0 heterocycles. The van der Waals surface area contributed by atoms with Crippen LogP contribution in [0, 0.1) is 0 Å². The fourth-order valence-corrected chi connectivity index (χ4v) is 1.59. The Kier molecular flexibility index (Phi) is 4.44. The van der Waals surface area contributed by atoms with E-state index in [1.54, 1.807) is 38.5 Å². The normalized spacial score (nSPS) is 11.1. The number of methoxy groups -OCH3 is 2. The number of benzene rings is 1. The summed E-state index contributed by atoms with van der Waals surface area (Å²) in [5, 5.41) is 8.76. The maximum absolute atomic E-state index is 10.7. The molecule has 0 amide bonds. The van der Waals surface area contributed by atoms with Gasteiger partial charge in [0, 0.05) is 0 Å². The van der Waals surface area contributed by atoms with Crippen LogP contribution in [0.25, 0.3) is 6.08 Å². The minimum atomic E-state index is -0.908. The van der Waals surface area contributed by atoms with Crippen molar-refractivity contribution in [2.75, 3.05) is 14.2 Å². The molecule has 0 spiro atoms. The van der Waals surface area contributed by atoms with Gasteiger partial charge in [0.15, 0.2) is 0 Å². The average Bonchev–Trinajstić information content (AvgIpc) is 2.28. The fourth-order valence-electron chi connectivity index (χ4n) is 1.18. The van der Waals surface area contributed by atoms with Gasteiger partial charge in [0.2, 0.25) is 0 Å². The topological polar surface area (TPSA) is 55.8 Å². The van der Waals surface area contributed by atoms with E-state index in [0.717, 1.165) is 22.4 Å². The number of hydrogen-bond donors (Lipinski definition) is 1. The molecule has 1 unspecified atom stereocenters. The van der Waals surface area contributed by atoms with E-state index in [1.165, 1.54) is 0 Å². The predicted octanol–water partition coefficient (Wildman–Crippen LogP) is 0.762. The monoisotopic (exact) mass is 284 g/mol. The van der Waals surface area contributed by atoms with Crippen molar-refractivity contribution >= 4 is 28.9 Å². The zero-order chi connectivity index (χ0) is 12.1. The molecule has 1 rings (SSSR count). The molecule has 1 aromatic rings. The van der Waals surface area contributed by atoms with Crippen molar-refractivity contribution in [2.24, 2.45) is 0 Å². The molecule has 1 N–H and O–H groups in total. The van der Waals surface area contributed by atoms with E-state index in [4.69, 9.17) is 14.6 Å². The van der Waals surface area contributed by atoms with Crippen LogP contribution in [0.5, 0.6) is 11.5 Å². The first-order valence-corrected chi connectivity index (χ1v) is 5.72. The van der Waals surface area contributed by atoms with E-state index < -0.39 is 5.97 Å². The van der Waals surface area contributed by atoms with Crippen LogP contribution in [0.15, 0.2) is 22.6 Å². The van der Waals surface area contributed by atoms with Crippen molar-refractivity contribution < 1.29 is 19.4 Å². The Bertz CT molecular complexity index is 426. The summed E-state index contributed by atoms with van der Waals surface area (Å²) in [6.45, 7) is 0. The predicted molar refractivity (Wildman–Crippen MR) is 63.7 cm³/mol. The molecule has 5 heteroatoms. The first kappa shape index (κ1) is 12.7. The molecule has 1 atom stereocenters. The molecule has 0 radical (unpaired) electrons. The van der Waals surface area contributed by atoms with Crippen LogP contribution in [-0.2, 0) is 4.79 Å². The quantitative estimate of drug-likeness (QED) is 0.655. The fraction of sp³-hybridized carbons (Fsp3) is 0.182. The van der Waals surface area contributed by atoms with Gasteiger partial charge in [-0.15, -0.1) is 0 Å². The van der Waals surface area contributed by atoms with Gasteiger partial charge in [0.25, 0.3) is 0 Å². The molecule has 0 saturated carbocycles. The van der Waals surface area contributed by atoms with Gasteiger partial charge in [0.1, 0.15) is 0 Å². The Labute approximate surface area is 102 Å². The van der Waals surface area contributed by atoms with Gasteiger partial charge < -0.3 is 0 Å². The van der Waals surface area contributed by atoms with Crippen molar-refractivity contribution in [3.8, 4) is 11.5 Å². The van der Waals surface area contributed by atoms with Crippen molar-refractivity contribution in [3.05, 3.63) is 28.1 Å². The van der Waals surface area contributed by atoms with Gasteiger partial charge in [-0.1, -0.05) is 0 Å². The Morgan fingerprint density at radius 1 is 1.31 bits per heavy atom. The summed E-state index contributed by atoms with van der Waals surface area (Å²) in [6.07, 6.45) is 1.60. The molecule has 1 aromatic carbocycles. The van der Waals surface area contributed by atoms with E-state index in [-0.39, 0.29) is 0 Å². The third-order valence-electron chi connectivity index (χ3n) is 1.98. The first-order chi connectivity index (χ1) is 7.58. The van der Waals surface area contributed by atoms with Gasteiger partial charge in [-0.25, -0.2) is 0 Å². The van der Waals surface area contributed by atoms with E-state index in [1.807, 2.05) is 0 Å². The molecule has 0 bridgehead atoms. The molecule has 86 valence electrons. The summed E-state index contributed by atoms with van der Waals surface area (Å²) < 4.78 is 10.5. The Morgan fingerprint density at radius 2 is 1.94 bits per heavy atom. The summed E-state index contributed by atoms with van der Waals surface area (Å²) in [5.74, 6) is 0.301. The minimum absolute atomic E-state index is 0.333. The standard InChI is InChI=1S/C11H13AsO4/c1-15-9-4-3-7(6-10(9)16-2)5-8(12)11(13)14/h3-6H,12H2,1-2H3,(H,13,14). The number of carboxylic acids is 1. The van der Waals surface area contributed by atoms with Crippen LogP contribution in [0.1, 0.15) is 5.56 Å². The number of carboxylic acid groups (broad SMARTS) is 1. The van der Waals surface area contributed by atoms with Crippen molar-refractivity contribution in [1.82, 2.24) is 0 Å². The van der Waals surface area contributed by atoms with Crippen LogP contribution in [0.2, 0.25) is 0 Å². The van der Waals surface area contributed by atoms with Gasteiger partial charge in [-0.2, -0.15) is 0 Å². The van der Waals surface area contributed by atoms with Crippen molar-refractivity contribution in [1.29, 1.82) is 0 Å². The van der Waals surface area contributed by atoms with Crippen LogP contribution in [-0.4, -0.2) is 42.1 Å². The SMILES string of the molecule is COc1ccc(C=C([AsH2])C(=O)O)cc1OC. The number of ether oxygens (including phenoxy) is 2. The van der Waals surface area contributed by atoms with Crippen molar-refractivity contribution in [2.45, 2.75) is 0 Å². The molecular formula is C11H13AsO4. The summed E-state index contributed by atoms with van der Waals surface area (Å²) in [7, 11) is 3.10. The van der Waals surface area contributed by atoms with Gasteiger partial charge >= 0.3 is 102 Å². The third-order valence-corrected chi connectivity index (χ3v) is 2.84. The Balaban J connectivity index is 3.09. The van der Waals surface area contributed by atoms with Gasteiger partial charge in [0.05, 0.1) is 0 Å². The summed E-state index contributed by atoms with van der Waals surface area (Å²) >= 11 is 1.07.